The molecule has 0 bridgehead atoms. The van der Waals surface area contributed by atoms with Gasteiger partial charge in [0.2, 0.25) is 0 Å². The number of rotatable bonds is 2. The standard InChI is InChI=1S/2C10H15.2CH3.2ClH.GeH2.Zr/c2*1-8-5-6-9(7-8)10(2,3)4;;;;;;/h2*7H,6H2,1-4H3;2*1H3;2*1H;1H2;. The molecule has 2 aliphatic carbocycles. The van der Waals surface area contributed by atoms with Crippen molar-refractivity contribution in [2.75, 3.05) is 0 Å². The Labute approximate surface area is 180 Å². The average molecular weight is 539 g/mol. The third kappa shape index (κ3) is 5.11. The van der Waals surface area contributed by atoms with E-state index in [4.69, 9.17) is 0 Å². The fraction of sp³-hybridized carbons (Fsp3) is 0.636. The third-order valence-electron chi connectivity index (χ3n) is 6.33. The van der Waals surface area contributed by atoms with Crippen LogP contribution in [0.15, 0.2) is 41.0 Å². The topological polar surface area (TPSA) is 0 Å². The van der Waals surface area contributed by atoms with Crippen LogP contribution in [0.5, 0.6) is 0 Å². The van der Waals surface area contributed by atoms with Gasteiger partial charge in [-0.15, -0.1) is 24.8 Å². The van der Waals surface area contributed by atoms with Gasteiger partial charge >= 0.3 is 157 Å². The van der Waals surface area contributed by atoms with Crippen molar-refractivity contribution in [3.05, 3.63) is 41.0 Å². The first kappa shape index (κ1) is 27.0. The van der Waals surface area contributed by atoms with E-state index in [0.717, 1.165) is 0 Å². The summed E-state index contributed by atoms with van der Waals surface area (Å²) in [4.78, 5) is 0. The normalized spacial score (nSPS) is 19.2. The van der Waals surface area contributed by atoms with E-state index in [-0.39, 0.29) is 24.8 Å². The third-order valence-corrected chi connectivity index (χ3v) is 29.2. The molecule has 4 heteroatoms. The van der Waals surface area contributed by atoms with Crippen LogP contribution in [-0.4, -0.2) is 12.1 Å². The minimum atomic E-state index is -2.97. The Balaban J connectivity index is 0.00000312. The van der Waals surface area contributed by atoms with Gasteiger partial charge in [0.15, 0.2) is 0 Å². The monoisotopic (exact) mass is 538 g/mol. The summed E-state index contributed by atoms with van der Waals surface area (Å²) in [7, 11) is 0. The first-order chi connectivity index (χ1) is 10.5. The fourth-order valence-electron chi connectivity index (χ4n) is 4.44. The summed E-state index contributed by atoms with van der Waals surface area (Å²) in [6.45, 7) is 19.0. The quantitative estimate of drug-likeness (QED) is 0.320. The van der Waals surface area contributed by atoms with Gasteiger partial charge in [-0.05, 0) is 0 Å². The van der Waals surface area contributed by atoms with Crippen molar-refractivity contribution in [2.45, 2.75) is 77.5 Å². The van der Waals surface area contributed by atoms with Gasteiger partial charge in [-0.3, -0.25) is 0 Å². The van der Waals surface area contributed by atoms with E-state index < -0.39 is 15.7 Å². The van der Waals surface area contributed by atoms with Crippen LogP contribution in [0.3, 0.4) is 0 Å². The SMILES string of the molecule is CC1=[C]([Zr]([CH3])([CH3])(=[GeH2])[C]2=C(C)C=C(C(C)(C)C)C2)CC(C(C)(C)C)=C1.Cl.Cl. The second-order valence-electron chi connectivity index (χ2n) is 11.2. The maximum absolute atomic E-state index is 2.97. The molecular weight excluding hydrogens is 499 g/mol. The maximum Gasteiger partial charge on any atom is -0.147 e. The maximum atomic E-state index is 2.72. The molecule has 0 aliphatic heterocycles. The minimum Gasteiger partial charge on any atom is -0.147 e. The van der Waals surface area contributed by atoms with Gasteiger partial charge in [-0.1, -0.05) is 0 Å². The van der Waals surface area contributed by atoms with Crippen LogP contribution >= 0.6 is 24.8 Å². The van der Waals surface area contributed by atoms with Crippen molar-refractivity contribution < 1.29 is 15.7 Å². The molecule has 0 fully saturated rings. The van der Waals surface area contributed by atoms with Gasteiger partial charge in [0, 0.05) is 0 Å². The van der Waals surface area contributed by atoms with E-state index in [1.807, 2.05) is 6.56 Å². The summed E-state index contributed by atoms with van der Waals surface area (Å²) in [6, 6.07) is 0. The molecule has 0 unspecified atom stereocenters. The Kier molecular flexibility index (Phi) is 8.30. The van der Waals surface area contributed by atoms with E-state index in [1.165, 1.54) is 25.0 Å². The second kappa shape index (κ2) is 8.00. The Bertz CT molecular complexity index is 712. The average Bonchev–Trinajstić information content (AvgIpc) is 2.91. The zero-order valence-electron chi connectivity index (χ0n) is 18.6. The van der Waals surface area contributed by atoms with E-state index in [1.54, 1.807) is 22.3 Å². The van der Waals surface area contributed by atoms with E-state index >= 15 is 0 Å². The first-order valence-electron chi connectivity index (χ1n) is 9.42. The van der Waals surface area contributed by atoms with Gasteiger partial charge in [0.05, 0.1) is 0 Å². The molecule has 0 N–H and O–H groups in total. The molecule has 2 rings (SSSR count). The summed E-state index contributed by atoms with van der Waals surface area (Å²) in [5.74, 6) is 0. The summed E-state index contributed by atoms with van der Waals surface area (Å²) in [5.41, 5.74) is 7.10. The molecule has 0 spiro atoms. The van der Waals surface area contributed by atoms with Gasteiger partial charge in [0.1, 0.15) is 0 Å². The molecule has 0 aromatic carbocycles. The van der Waals surface area contributed by atoms with E-state index in [9.17, 15) is 0 Å². The Morgan fingerprint density at radius 2 is 1.00 bits per heavy atom. The fourth-order valence-corrected chi connectivity index (χ4v) is 25.7. The molecule has 26 heavy (non-hydrogen) atoms. The van der Waals surface area contributed by atoms with Crippen molar-refractivity contribution in [1.82, 2.24) is 0 Å². The van der Waals surface area contributed by atoms with Crippen LogP contribution < -0.4 is 0 Å². The number of hydrogen-bond donors (Lipinski definition) is 0. The summed E-state index contributed by atoms with van der Waals surface area (Å²) < 4.78 is 9.19. The smallest absolute Gasteiger partial charge is 0.147 e. The summed E-state index contributed by atoms with van der Waals surface area (Å²) in [6.07, 6.45) is 7.53. The van der Waals surface area contributed by atoms with Crippen LogP contribution in [0.25, 0.3) is 0 Å². The zero-order chi connectivity index (χ0) is 18.7. The molecule has 0 amide bonds. The van der Waals surface area contributed by atoms with Gasteiger partial charge in [-0.25, -0.2) is 0 Å². The van der Waals surface area contributed by atoms with Crippen molar-refractivity contribution in [1.29, 1.82) is 0 Å². The van der Waals surface area contributed by atoms with Crippen molar-refractivity contribution in [3.63, 3.8) is 0 Å². The number of halogens is 2. The van der Waals surface area contributed by atoms with Crippen molar-refractivity contribution in [3.8, 4) is 0 Å². The summed E-state index contributed by atoms with van der Waals surface area (Å²) >= 11 is -1.48. The Morgan fingerprint density at radius 1 is 0.731 bits per heavy atom. The van der Waals surface area contributed by atoms with E-state index in [0.29, 0.717) is 10.8 Å². The van der Waals surface area contributed by atoms with Crippen LogP contribution in [0.1, 0.15) is 68.2 Å². The molecule has 0 atom stereocenters. The van der Waals surface area contributed by atoms with Gasteiger partial charge in [-0.2, -0.15) is 0 Å². The minimum absolute atomic E-state index is 0. The molecule has 150 valence electrons. The molecule has 0 aromatic heterocycles. The van der Waals surface area contributed by atoms with Crippen molar-refractivity contribution in [2.24, 2.45) is 10.8 Å². The van der Waals surface area contributed by atoms with Gasteiger partial charge in [0.25, 0.3) is 0 Å². The van der Waals surface area contributed by atoms with Crippen LogP contribution in [0.2, 0.25) is 9.26 Å². The van der Waals surface area contributed by atoms with Crippen LogP contribution in [0, 0.1) is 10.8 Å². The van der Waals surface area contributed by atoms with Gasteiger partial charge < -0.3 is 0 Å². The molecular formula is C22H40Cl2GeZr. The summed E-state index contributed by atoms with van der Waals surface area (Å²) in [5, 5.41) is 0. The predicted molar refractivity (Wildman–Crippen MR) is 124 cm³/mol. The van der Waals surface area contributed by atoms with Crippen LogP contribution in [-0.2, 0) is 15.7 Å². The molecule has 0 radical (unpaired) electrons. The Morgan fingerprint density at radius 3 is 1.19 bits per heavy atom. The number of hydrogen-bond acceptors (Lipinski definition) is 0. The molecule has 0 nitrogen and oxygen atoms in total. The first-order valence-corrected chi connectivity index (χ1v) is 27.3. The largest absolute Gasteiger partial charge is 0.147 e. The van der Waals surface area contributed by atoms with Crippen molar-refractivity contribution >= 4 is 37.0 Å². The molecule has 0 heterocycles. The predicted octanol–water partition coefficient (Wildman–Crippen LogP) is 7.46. The molecule has 0 saturated carbocycles. The molecule has 0 saturated heterocycles. The molecule has 0 aromatic rings. The number of allylic oxidation sites excluding steroid dienone is 8. The van der Waals surface area contributed by atoms with E-state index in [2.05, 4.69) is 76.8 Å². The zero-order valence-corrected chi connectivity index (χ0v) is 25.7. The second-order valence-corrected chi connectivity index (χ2v) is 53.7. The molecule has 2 aliphatic rings. The Hall–Kier alpha value is 0.966. The van der Waals surface area contributed by atoms with Crippen LogP contribution in [0.4, 0.5) is 0 Å².